The van der Waals surface area contributed by atoms with Crippen molar-refractivity contribution < 1.29 is 22.7 Å². The number of sulfone groups is 1. The van der Waals surface area contributed by atoms with E-state index in [1.54, 1.807) is 31.2 Å². The lowest BCUT2D eigenvalue weighted by Crippen LogP contribution is -2.28. The van der Waals surface area contributed by atoms with Crippen molar-refractivity contribution >= 4 is 27.7 Å². The number of aromatic nitrogens is 2. The first-order chi connectivity index (χ1) is 15.3. The zero-order valence-electron chi connectivity index (χ0n) is 18.4. The third kappa shape index (κ3) is 6.09. The highest BCUT2D eigenvalue weighted by molar-refractivity contribution is 7.91. The molecule has 1 aromatic carbocycles. The molecule has 1 aliphatic rings. The smallest absolute Gasteiger partial charge is 0.407 e. The third-order valence-electron chi connectivity index (χ3n) is 5.52. The van der Waals surface area contributed by atoms with Crippen LogP contribution in [-0.4, -0.2) is 49.0 Å². The number of anilines is 1. The molecule has 1 heterocycles. The van der Waals surface area contributed by atoms with Gasteiger partial charge in [-0.3, -0.25) is 9.89 Å². The van der Waals surface area contributed by atoms with Crippen LogP contribution in [0.4, 0.5) is 10.6 Å². The van der Waals surface area contributed by atoms with Gasteiger partial charge in [0, 0.05) is 24.2 Å². The minimum absolute atomic E-state index is 0.0271. The molecule has 2 aromatic rings. The molecule has 32 heavy (non-hydrogen) atoms. The van der Waals surface area contributed by atoms with E-state index in [9.17, 15) is 18.0 Å². The topological polar surface area (TPSA) is 130 Å². The normalized spacial score (nSPS) is 18.3. The number of aromatic amines is 1. The first-order valence-electron chi connectivity index (χ1n) is 10.9. The maximum Gasteiger partial charge on any atom is 0.407 e. The molecule has 1 aromatic heterocycles. The number of nitrogens with one attached hydrogen (secondary N) is 3. The number of hydrogen-bond acceptors (Lipinski definition) is 6. The van der Waals surface area contributed by atoms with Crippen molar-refractivity contribution in [2.75, 3.05) is 17.6 Å². The monoisotopic (exact) mass is 462 g/mol. The summed E-state index contributed by atoms with van der Waals surface area (Å²) >= 11 is 0. The highest BCUT2D eigenvalue weighted by Gasteiger charge is 2.30. The van der Waals surface area contributed by atoms with Crippen molar-refractivity contribution in [3.63, 3.8) is 0 Å². The van der Waals surface area contributed by atoms with E-state index >= 15 is 0 Å². The van der Waals surface area contributed by atoms with Crippen LogP contribution in [0.3, 0.4) is 0 Å². The number of carbonyl (C=O) groups excluding carboxylic acids is 2. The molecule has 0 radical (unpaired) electrons. The van der Waals surface area contributed by atoms with Gasteiger partial charge in [0.15, 0.2) is 15.7 Å². The molecule has 0 unspecified atom stereocenters. The van der Waals surface area contributed by atoms with Crippen LogP contribution in [0.15, 0.2) is 35.2 Å². The van der Waals surface area contributed by atoms with Crippen molar-refractivity contribution in [1.29, 1.82) is 0 Å². The van der Waals surface area contributed by atoms with Gasteiger partial charge in [-0.25, -0.2) is 13.2 Å². The van der Waals surface area contributed by atoms with Crippen LogP contribution in [0.1, 0.15) is 56.7 Å². The van der Waals surface area contributed by atoms with Gasteiger partial charge in [0.25, 0.3) is 0 Å². The highest BCUT2D eigenvalue weighted by atomic mass is 32.2. The SMILES string of the molecule is CCCNC(=O)O[C@@H]1CC[C@H](c2cc(NC(=O)Cc3ccccc3S(=O)(=O)CC)n[nH]2)C1. The minimum atomic E-state index is -3.42. The number of nitrogens with zero attached hydrogens (tertiary/aromatic N) is 1. The average Bonchev–Trinajstić information content (AvgIpc) is 3.42. The van der Waals surface area contributed by atoms with Crippen LogP contribution >= 0.6 is 0 Å². The largest absolute Gasteiger partial charge is 0.446 e. The molecule has 174 valence electrons. The fraction of sp³-hybridized carbons (Fsp3) is 0.500. The molecule has 2 atom stereocenters. The van der Waals surface area contributed by atoms with E-state index in [-0.39, 0.29) is 41.1 Å². The Morgan fingerprint density at radius 2 is 2.00 bits per heavy atom. The number of benzene rings is 1. The van der Waals surface area contributed by atoms with Gasteiger partial charge in [-0.1, -0.05) is 32.0 Å². The zero-order chi connectivity index (χ0) is 23.1. The minimum Gasteiger partial charge on any atom is -0.446 e. The summed E-state index contributed by atoms with van der Waals surface area (Å²) in [6, 6.07) is 8.31. The molecule has 1 saturated carbocycles. The van der Waals surface area contributed by atoms with Crippen molar-refractivity contribution in [2.45, 2.75) is 62.9 Å². The Balaban J connectivity index is 1.56. The Labute approximate surface area is 188 Å². The summed E-state index contributed by atoms with van der Waals surface area (Å²) in [5, 5.41) is 12.5. The molecule has 3 N–H and O–H groups in total. The number of carbonyl (C=O) groups is 2. The molecule has 1 fully saturated rings. The number of hydrogen-bond donors (Lipinski definition) is 3. The fourth-order valence-electron chi connectivity index (χ4n) is 3.83. The van der Waals surface area contributed by atoms with E-state index < -0.39 is 9.84 Å². The average molecular weight is 463 g/mol. The maximum absolute atomic E-state index is 12.5. The van der Waals surface area contributed by atoms with Gasteiger partial charge in [-0.05, 0) is 37.3 Å². The number of H-pyrrole nitrogens is 1. The number of ether oxygens (including phenoxy) is 1. The third-order valence-corrected chi connectivity index (χ3v) is 7.35. The molecular formula is C22H30N4O5S. The van der Waals surface area contributed by atoms with E-state index in [4.69, 9.17) is 4.74 Å². The fourth-order valence-corrected chi connectivity index (χ4v) is 4.96. The van der Waals surface area contributed by atoms with Gasteiger partial charge < -0.3 is 15.4 Å². The van der Waals surface area contributed by atoms with Crippen LogP contribution in [0, 0.1) is 0 Å². The van der Waals surface area contributed by atoms with Crippen LogP contribution in [-0.2, 0) is 25.8 Å². The van der Waals surface area contributed by atoms with Crippen molar-refractivity contribution in [2.24, 2.45) is 0 Å². The van der Waals surface area contributed by atoms with Crippen molar-refractivity contribution in [3.8, 4) is 0 Å². The second-order valence-electron chi connectivity index (χ2n) is 7.91. The molecule has 1 aliphatic carbocycles. The van der Waals surface area contributed by atoms with Gasteiger partial charge >= 0.3 is 6.09 Å². The molecule has 3 rings (SSSR count). The van der Waals surface area contributed by atoms with E-state index in [0.717, 1.165) is 25.0 Å². The molecule has 2 amide bonds. The van der Waals surface area contributed by atoms with Crippen LogP contribution in [0.5, 0.6) is 0 Å². The Hall–Kier alpha value is -2.88. The van der Waals surface area contributed by atoms with Gasteiger partial charge in [0.05, 0.1) is 17.1 Å². The van der Waals surface area contributed by atoms with Gasteiger partial charge in [0.1, 0.15) is 6.10 Å². The molecule has 0 aliphatic heterocycles. The lowest BCUT2D eigenvalue weighted by atomic mass is 10.0. The quantitative estimate of drug-likeness (QED) is 0.525. The molecule has 9 nitrogen and oxygen atoms in total. The lowest BCUT2D eigenvalue weighted by Gasteiger charge is -2.12. The molecule has 0 bridgehead atoms. The second-order valence-corrected chi connectivity index (χ2v) is 10.2. The first-order valence-corrected chi connectivity index (χ1v) is 12.6. The summed E-state index contributed by atoms with van der Waals surface area (Å²) in [5.74, 6) is 0.168. The predicted octanol–water partition coefficient (Wildman–Crippen LogP) is 3.16. The summed E-state index contributed by atoms with van der Waals surface area (Å²) in [5.41, 5.74) is 1.33. The summed E-state index contributed by atoms with van der Waals surface area (Å²) < 4.78 is 30.0. The molecule has 0 spiro atoms. The summed E-state index contributed by atoms with van der Waals surface area (Å²) in [7, 11) is -3.42. The molecule has 10 heteroatoms. The zero-order valence-corrected chi connectivity index (χ0v) is 19.2. The van der Waals surface area contributed by atoms with E-state index in [1.807, 2.05) is 6.92 Å². The van der Waals surface area contributed by atoms with E-state index in [0.29, 0.717) is 24.3 Å². The maximum atomic E-state index is 12.5. The first kappa shape index (κ1) is 23.8. The number of amides is 2. The summed E-state index contributed by atoms with van der Waals surface area (Å²) in [6.07, 6.45) is 2.57. The standard InChI is InChI=1S/C22H30N4O5S/c1-3-11-23-22(28)31-17-10-9-15(12-17)18-14-20(26-25-18)24-21(27)13-16-7-5-6-8-19(16)32(29,30)4-2/h5-8,14-15,17H,3-4,9-13H2,1-2H3,(H,23,28)(H2,24,25,26,27)/t15-,17+/m0/s1. The predicted molar refractivity (Wildman–Crippen MR) is 120 cm³/mol. The van der Waals surface area contributed by atoms with Gasteiger partial charge in [0.2, 0.25) is 5.91 Å². The number of rotatable bonds is 9. The Kier molecular flexibility index (Phi) is 7.89. The van der Waals surface area contributed by atoms with Crippen LogP contribution < -0.4 is 10.6 Å². The Morgan fingerprint density at radius 3 is 2.75 bits per heavy atom. The summed E-state index contributed by atoms with van der Waals surface area (Å²) in [4.78, 5) is 24.4. The van der Waals surface area contributed by atoms with E-state index in [1.165, 1.54) is 6.07 Å². The van der Waals surface area contributed by atoms with Gasteiger partial charge in [-0.2, -0.15) is 5.10 Å². The second kappa shape index (κ2) is 10.6. The summed E-state index contributed by atoms with van der Waals surface area (Å²) in [6.45, 7) is 4.15. The van der Waals surface area contributed by atoms with Crippen LogP contribution in [0.25, 0.3) is 0 Å². The molecule has 0 saturated heterocycles. The van der Waals surface area contributed by atoms with Crippen LogP contribution in [0.2, 0.25) is 0 Å². The van der Waals surface area contributed by atoms with Crippen molar-refractivity contribution in [3.05, 3.63) is 41.6 Å². The van der Waals surface area contributed by atoms with Crippen molar-refractivity contribution in [1.82, 2.24) is 15.5 Å². The van der Waals surface area contributed by atoms with Gasteiger partial charge in [-0.15, -0.1) is 0 Å². The lowest BCUT2D eigenvalue weighted by molar-refractivity contribution is -0.115. The van der Waals surface area contributed by atoms with E-state index in [2.05, 4.69) is 20.8 Å². The Bertz CT molecular complexity index is 1050. The molecular weight excluding hydrogens is 432 g/mol. The Morgan fingerprint density at radius 1 is 1.22 bits per heavy atom. The number of alkyl carbamates (subject to hydrolysis) is 1. The highest BCUT2D eigenvalue weighted by Crippen LogP contribution is 2.35.